The van der Waals surface area contributed by atoms with Gasteiger partial charge in [-0.15, -0.1) is 12.4 Å². The van der Waals surface area contributed by atoms with Crippen LogP contribution in [0, 0.1) is 0 Å². The van der Waals surface area contributed by atoms with Crippen LogP contribution in [0.5, 0.6) is 5.75 Å². The van der Waals surface area contributed by atoms with Gasteiger partial charge >= 0.3 is 0 Å². The molecule has 6 heteroatoms. The molecule has 1 atom stereocenters. The van der Waals surface area contributed by atoms with Gasteiger partial charge in [-0.25, -0.2) is 0 Å². The minimum Gasteiger partial charge on any atom is -0.497 e. The van der Waals surface area contributed by atoms with Crippen molar-refractivity contribution in [2.24, 2.45) is 0 Å². The fourth-order valence-electron chi connectivity index (χ4n) is 2.20. The molecule has 0 saturated carbocycles. The Balaban J connectivity index is 0.00000220. The predicted octanol–water partition coefficient (Wildman–Crippen LogP) is 1.45. The van der Waals surface area contributed by atoms with Crippen LogP contribution in [-0.2, 0) is 16.1 Å². The molecule has 1 saturated heterocycles. The van der Waals surface area contributed by atoms with Crippen LogP contribution in [0.3, 0.4) is 0 Å². The van der Waals surface area contributed by atoms with Crippen molar-refractivity contribution in [1.29, 1.82) is 0 Å². The van der Waals surface area contributed by atoms with Crippen molar-refractivity contribution < 1.29 is 14.3 Å². The molecule has 0 bridgehead atoms. The topological polar surface area (TPSA) is 50.8 Å². The van der Waals surface area contributed by atoms with Gasteiger partial charge in [0.1, 0.15) is 11.9 Å². The summed E-state index contributed by atoms with van der Waals surface area (Å²) in [6.07, 6.45) is -0.417. The van der Waals surface area contributed by atoms with Crippen molar-refractivity contribution in [3.8, 4) is 5.75 Å². The van der Waals surface area contributed by atoms with E-state index in [0.29, 0.717) is 6.61 Å². The van der Waals surface area contributed by atoms with Crippen molar-refractivity contribution in [3.63, 3.8) is 0 Å². The number of ether oxygens (including phenoxy) is 2. The van der Waals surface area contributed by atoms with Crippen LogP contribution < -0.4 is 10.1 Å². The molecule has 1 aliphatic rings. The van der Waals surface area contributed by atoms with Crippen molar-refractivity contribution in [2.75, 3.05) is 33.3 Å². The van der Waals surface area contributed by atoms with Gasteiger partial charge in [0.15, 0.2) is 0 Å². The summed E-state index contributed by atoms with van der Waals surface area (Å²) in [7, 11) is 1.64. The molecule has 5 nitrogen and oxygen atoms in total. The summed E-state index contributed by atoms with van der Waals surface area (Å²) < 4.78 is 10.8. The number of carbonyl (C=O) groups excluding carboxylic acids is 1. The highest BCUT2D eigenvalue weighted by molar-refractivity contribution is 5.85. The highest BCUT2D eigenvalue weighted by Gasteiger charge is 2.22. The van der Waals surface area contributed by atoms with Crippen molar-refractivity contribution in [1.82, 2.24) is 10.2 Å². The second kappa shape index (κ2) is 8.87. The molecule has 0 aromatic heterocycles. The van der Waals surface area contributed by atoms with Crippen molar-refractivity contribution >= 4 is 18.3 Å². The number of nitrogens with one attached hydrogen (secondary N) is 1. The van der Waals surface area contributed by atoms with Crippen LogP contribution in [0.2, 0.25) is 0 Å². The molecule has 1 unspecified atom stereocenters. The standard InChI is InChI=1S/C15H22N2O3.ClH/c1-12(15(18)17-8-6-16-7-9-17)20-11-13-4-3-5-14(10-13)19-2;/h3-5,10,12,16H,6-9,11H2,1-2H3;1H. The number of hydrogen-bond acceptors (Lipinski definition) is 4. The number of amides is 1. The highest BCUT2D eigenvalue weighted by Crippen LogP contribution is 2.14. The average molecular weight is 315 g/mol. The Kier molecular flexibility index (Phi) is 7.50. The van der Waals surface area contributed by atoms with Crippen LogP contribution in [0.4, 0.5) is 0 Å². The number of hydrogen-bond donors (Lipinski definition) is 1. The number of piperazine rings is 1. The fraction of sp³-hybridized carbons (Fsp3) is 0.533. The molecule has 1 aromatic carbocycles. The molecule has 0 radical (unpaired) electrons. The van der Waals surface area contributed by atoms with Gasteiger partial charge in [-0.05, 0) is 24.6 Å². The molecular formula is C15H23ClN2O3. The summed E-state index contributed by atoms with van der Waals surface area (Å²) in [4.78, 5) is 14.0. The smallest absolute Gasteiger partial charge is 0.251 e. The lowest BCUT2D eigenvalue weighted by Gasteiger charge is -2.29. The van der Waals surface area contributed by atoms with E-state index in [1.807, 2.05) is 36.1 Å². The Morgan fingerprint density at radius 3 is 2.76 bits per heavy atom. The number of nitrogens with zero attached hydrogens (tertiary/aromatic N) is 1. The first-order chi connectivity index (χ1) is 9.70. The summed E-state index contributed by atoms with van der Waals surface area (Å²) in [6.45, 7) is 5.45. The molecule has 2 rings (SSSR count). The quantitative estimate of drug-likeness (QED) is 0.894. The number of methoxy groups -OCH3 is 1. The first-order valence-electron chi connectivity index (χ1n) is 6.94. The molecule has 1 fully saturated rings. The molecule has 1 aliphatic heterocycles. The SMILES string of the molecule is COc1cccc(COC(C)C(=O)N2CCNCC2)c1.Cl. The maximum Gasteiger partial charge on any atom is 0.251 e. The first kappa shape index (κ1) is 17.8. The third-order valence-corrected chi connectivity index (χ3v) is 3.41. The maximum absolute atomic E-state index is 12.2. The average Bonchev–Trinajstić information content (AvgIpc) is 2.53. The number of halogens is 1. The van der Waals surface area contributed by atoms with E-state index >= 15 is 0 Å². The molecular weight excluding hydrogens is 292 g/mol. The zero-order chi connectivity index (χ0) is 14.4. The van der Waals surface area contributed by atoms with Gasteiger partial charge in [0.2, 0.25) is 0 Å². The van der Waals surface area contributed by atoms with Gasteiger partial charge in [-0.1, -0.05) is 12.1 Å². The minimum atomic E-state index is -0.417. The minimum absolute atomic E-state index is 0. The van der Waals surface area contributed by atoms with Crippen LogP contribution >= 0.6 is 12.4 Å². The summed E-state index contributed by atoms with van der Waals surface area (Å²) in [6, 6.07) is 7.69. The monoisotopic (exact) mass is 314 g/mol. The Bertz CT molecular complexity index is 450. The lowest BCUT2D eigenvalue weighted by atomic mass is 10.2. The van der Waals surface area contributed by atoms with Crippen LogP contribution in [0.1, 0.15) is 12.5 Å². The summed E-state index contributed by atoms with van der Waals surface area (Å²) in [5.74, 6) is 0.863. The lowest BCUT2D eigenvalue weighted by Crippen LogP contribution is -2.49. The number of rotatable bonds is 5. The molecule has 1 amide bonds. The van der Waals surface area contributed by atoms with E-state index in [1.165, 1.54) is 0 Å². The van der Waals surface area contributed by atoms with Gasteiger partial charge in [0.25, 0.3) is 5.91 Å². The van der Waals surface area contributed by atoms with E-state index in [-0.39, 0.29) is 18.3 Å². The molecule has 0 aliphatic carbocycles. The zero-order valence-corrected chi connectivity index (χ0v) is 13.3. The van der Waals surface area contributed by atoms with Gasteiger partial charge < -0.3 is 19.7 Å². The van der Waals surface area contributed by atoms with E-state index < -0.39 is 6.10 Å². The van der Waals surface area contributed by atoms with Gasteiger partial charge in [-0.3, -0.25) is 4.79 Å². The Morgan fingerprint density at radius 1 is 1.38 bits per heavy atom. The number of benzene rings is 1. The third kappa shape index (κ3) is 5.19. The third-order valence-electron chi connectivity index (χ3n) is 3.41. The Hall–Kier alpha value is -1.30. The van der Waals surface area contributed by atoms with E-state index in [0.717, 1.165) is 37.5 Å². The number of carbonyl (C=O) groups is 1. The Labute approximate surface area is 132 Å². The van der Waals surface area contributed by atoms with Crippen molar-refractivity contribution in [3.05, 3.63) is 29.8 Å². The second-order valence-corrected chi connectivity index (χ2v) is 4.88. The van der Waals surface area contributed by atoms with Crippen LogP contribution in [0.25, 0.3) is 0 Å². The molecule has 1 aromatic rings. The Morgan fingerprint density at radius 2 is 2.10 bits per heavy atom. The first-order valence-corrected chi connectivity index (χ1v) is 6.94. The fourth-order valence-corrected chi connectivity index (χ4v) is 2.20. The largest absolute Gasteiger partial charge is 0.497 e. The molecule has 1 N–H and O–H groups in total. The van der Waals surface area contributed by atoms with E-state index in [1.54, 1.807) is 7.11 Å². The van der Waals surface area contributed by atoms with Gasteiger partial charge in [0, 0.05) is 26.2 Å². The highest BCUT2D eigenvalue weighted by atomic mass is 35.5. The van der Waals surface area contributed by atoms with Gasteiger partial charge in [-0.2, -0.15) is 0 Å². The van der Waals surface area contributed by atoms with E-state index in [2.05, 4.69) is 5.32 Å². The summed E-state index contributed by atoms with van der Waals surface area (Å²) >= 11 is 0. The van der Waals surface area contributed by atoms with Crippen molar-refractivity contribution in [2.45, 2.75) is 19.6 Å². The zero-order valence-electron chi connectivity index (χ0n) is 12.5. The van der Waals surface area contributed by atoms with Crippen LogP contribution in [-0.4, -0.2) is 50.2 Å². The lowest BCUT2D eigenvalue weighted by molar-refractivity contribution is -0.144. The van der Waals surface area contributed by atoms with Gasteiger partial charge in [0.05, 0.1) is 13.7 Å². The molecule has 21 heavy (non-hydrogen) atoms. The normalized spacial score (nSPS) is 16.0. The molecule has 1 heterocycles. The summed E-state index contributed by atoms with van der Waals surface area (Å²) in [5, 5.41) is 3.23. The predicted molar refractivity (Wildman–Crippen MR) is 83.9 cm³/mol. The van der Waals surface area contributed by atoms with Crippen LogP contribution in [0.15, 0.2) is 24.3 Å². The second-order valence-electron chi connectivity index (χ2n) is 4.88. The van der Waals surface area contributed by atoms with E-state index in [9.17, 15) is 4.79 Å². The molecule has 118 valence electrons. The summed E-state index contributed by atoms with van der Waals surface area (Å²) in [5.41, 5.74) is 1.00. The maximum atomic E-state index is 12.2. The van der Waals surface area contributed by atoms with E-state index in [4.69, 9.17) is 9.47 Å². The molecule has 0 spiro atoms.